The Kier molecular flexibility index (Phi) is 9.44. The molecule has 22 heteroatoms. The van der Waals surface area contributed by atoms with E-state index in [0.717, 1.165) is 23.5 Å². The Morgan fingerprint density at radius 2 is 1.71 bits per heavy atom. The van der Waals surface area contributed by atoms with Gasteiger partial charge in [-0.2, -0.15) is 10.5 Å². The Hall–Kier alpha value is -5.55. The van der Waals surface area contributed by atoms with Gasteiger partial charge >= 0.3 is 11.9 Å². The summed E-state index contributed by atoms with van der Waals surface area (Å²) in [5.41, 5.74) is 2.49. The lowest BCUT2D eigenvalue weighted by Crippen LogP contribution is -2.61. The summed E-state index contributed by atoms with van der Waals surface area (Å²) in [5.74, 6) is -9.52. The Balaban J connectivity index is 1.21. The van der Waals surface area contributed by atoms with Crippen molar-refractivity contribution in [2.45, 2.75) is 73.6 Å². The third kappa shape index (κ3) is 6.08. The first-order valence-corrected chi connectivity index (χ1v) is 16.4. The molecule has 8 N–H and O–H groups in total. The molecule has 3 saturated heterocycles. The molecule has 4 amide bonds. The number of fused-ring (bicyclic) bond motifs is 3. The largest absolute Gasteiger partial charge is 0.504 e. The van der Waals surface area contributed by atoms with Crippen LogP contribution in [0.5, 0.6) is 11.5 Å². The number of anilines is 1. The van der Waals surface area contributed by atoms with Gasteiger partial charge in [-0.15, -0.1) is 11.3 Å². The molecular formula is C30H30N6O15S. The minimum atomic E-state index is -3.04. The minimum absolute atomic E-state index is 0.00796. The van der Waals surface area contributed by atoms with E-state index >= 15 is 0 Å². The number of aromatic nitrogens is 1. The first-order chi connectivity index (χ1) is 24.6. The zero-order valence-electron chi connectivity index (χ0n) is 26.6. The second kappa shape index (κ2) is 13.5. The van der Waals surface area contributed by atoms with Crippen molar-refractivity contribution in [2.24, 2.45) is 0 Å². The smallest absolute Gasteiger partial charge is 0.339 e. The van der Waals surface area contributed by atoms with Crippen molar-refractivity contribution in [3.8, 4) is 11.5 Å². The van der Waals surface area contributed by atoms with Gasteiger partial charge in [0.05, 0.1) is 35.1 Å². The molecule has 21 nitrogen and oxygen atoms in total. The summed E-state index contributed by atoms with van der Waals surface area (Å²) >= 11 is 0.942. The van der Waals surface area contributed by atoms with Crippen LogP contribution < -0.4 is 16.5 Å². The first kappa shape index (κ1) is 36.2. The van der Waals surface area contributed by atoms with E-state index in [1.54, 1.807) is 0 Å². The SMILES string of the molecule is Nc1nc(C(NOC2(C(=O)O)CC3CCC(C2)O3)C(=O)N[C@H]2CON(C(C=O)(C[C@@H](C=O)N3C(=O)c4cc(O)c(O)cc4C3=O)C(=O)O)C2=O)cs1. The van der Waals surface area contributed by atoms with Gasteiger partial charge < -0.3 is 41.0 Å². The highest BCUT2D eigenvalue weighted by molar-refractivity contribution is 7.13. The molecule has 0 saturated carbocycles. The maximum Gasteiger partial charge on any atom is 0.339 e. The number of carbonyl (C=O) groups is 8. The Labute approximate surface area is 295 Å². The lowest BCUT2D eigenvalue weighted by Gasteiger charge is -2.37. The molecule has 6 rings (SSSR count). The monoisotopic (exact) mass is 746 g/mol. The van der Waals surface area contributed by atoms with Crippen LogP contribution in [0.2, 0.25) is 0 Å². The van der Waals surface area contributed by atoms with Gasteiger partial charge in [0.2, 0.25) is 11.4 Å². The van der Waals surface area contributed by atoms with Crippen LogP contribution in [0.15, 0.2) is 17.5 Å². The number of ether oxygens (including phenoxy) is 1. The lowest BCUT2D eigenvalue weighted by atomic mass is 9.90. The molecule has 3 fully saturated rings. The van der Waals surface area contributed by atoms with E-state index in [-0.39, 0.29) is 53.5 Å². The first-order valence-electron chi connectivity index (χ1n) is 15.5. The quantitative estimate of drug-likeness (QED) is 0.0376. The molecule has 1 aromatic heterocycles. The number of nitrogen functional groups attached to an aromatic ring is 1. The summed E-state index contributed by atoms with van der Waals surface area (Å²) < 4.78 is 5.73. The number of aromatic hydroxyl groups is 2. The van der Waals surface area contributed by atoms with E-state index in [2.05, 4.69) is 15.8 Å². The van der Waals surface area contributed by atoms with Crippen LogP contribution in [0.25, 0.3) is 0 Å². The third-order valence-electron chi connectivity index (χ3n) is 9.30. The van der Waals surface area contributed by atoms with Crippen LogP contribution in [0.1, 0.15) is 64.6 Å². The third-order valence-corrected chi connectivity index (χ3v) is 10.00. The number of nitrogens with two attached hydrogens (primary N) is 1. The van der Waals surface area contributed by atoms with Crippen molar-refractivity contribution in [2.75, 3.05) is 12.3 Å². The molecular weight excluding hydrogens is 716 g/mol. The van der Waals surface area contributed by atoms with E-state index < -0.39 is 100 Å². The van der Waals surface area contributed by atoms with Gasteiger partial charge in [0.1, 0.15) is 18.9 Å². The molecule has 52 heavy (non-hydrogen) atoms. The van der Waals surface area contributed by atoms with Crippen molar-refractivity contribution in [3.05, 3.63) is 34.3 Å². The normalized spacial score (nSPS) is 26.1. The molecule has 4 aliphatic heterocycles. The number of benzene rings is 1. The van der Waals surface area contributed by atoms with E-state index in [9.17, 15) is 58.8 Å². The van der Waals surface area contributed by atoms with Gasteiger partial charge in [-0.05, 0) is 25.0 Å². The molecule has 1 aromatic carbocycles. The number of aldehydes is 2. The Morgan fingerprint density at radius 1 is 1.10 bits per heavy atom. The molecule has 4 unspecified atom stereocenters. The summed E-state index contributed by atoms with van der Waals surface area (Å²) in [6.07, 6.45) is -1.04. The van der Waals surface area contributed by atoms with E-state index in [0.29, 0.717) is 17.7 Å². The average Bonchev–Trinajstić information content (AvgIpc) is 3.85. The number of thiazole rings is 1. The minimum Gasteiger partial charge on any atom is -0.504 e. The van der Waals surface area contributed by atoms with Crippen LogP contribution in [0.3, 0.4) is 0 Å². The number of carboxylic acids is 2. The summed E-state index contributed by atoms with van der Waals surface area (Å²) in [4.78, 5) is 119. The fraction of sp³-hybridized carbons (Fsp3) is 0.433. The van der Waals surface area contributed by atoms with Gasteiger partial charge in [-0.1, -0.05) is 0 Å². The summed E-state index contributed by atoms with van der Waals surface area (Å²) in [6.45, 7) is -0.739. The Morgan fingerprint density at radius 3 is 2.21 bits per heavy atom. The predicted molar refractivity (Wildman–Crippen MR) is 167 cm³/mol. The summed E-state index contributed by atoms with van der Waals surface area (Å²) in [5, 5.41) is 43.8. The molecule has 2 bridgehead atoms. The number of imide groups is 1. The number of phenolic OH excluding ortho intramolecular Hbond substituents is 2. The summed E-state index contributed by atoms with van der Waals surface area (Å²) in [7, 11) is 0. The van der Waals surface area contributed by atoms with Crippen LogP contribution in [0, 0.1) is 0 Å². The fourth-order valence-electron chi connectivity index (χ4n) is 6.66. The number of hydrogen-bond acceptors (Lipinski definition) is 17. The number of nitrogens with one attached hydrogen (secondary N) is 2. The number of carboxylic acid groups (broad SMARTS) is 2. The number of hydroxylamine groups is 3. The van der Waals surface area contributed by atoms with Crippen LogP contribution in [0.4, 0.5) is 5.13 Å². The van der Waals surface area contributed by atoms with Gasteiger partial charge in [-0.3, -0.25) is 38.5 Å². The molecule has 0 spiro atoms. The Bertz CT molecular complexity index is 1830. The number of phenols is 2. The highest BCUT2D eigenvalue weighted by Gasteiger charge is 2.57. The van der Waals surface area contributed by atoms with Crippen molar-refractivity contribution in [1.29, 1.82) is 0 Å². The van der Waals surface area contributed by atoms with Crippen LogP contribution in [-0.4, -0.2) is 126 Å². The highest BCUT2D eigenvalue weighted by Crippen LogP contribution is 2.41. The zero-order chi connectivity index (χ0) is 37.7. The van der Waals surface area contributed by atoms with Crippen molar-refractivity contribution in [3.63, 3.8) is 0 Å². The highest BCUT2D eigenvalue weighted by atomic mass is 32.1. The van der Waals surface area contributed by atoms with Gasteiger partial charge in [0, 0.05) is 24.6 Å². The molecule has 276 valence electrons. The standard InChI is InChI=1S/C30H30N6O15S/c31-28-33-18(10-52-28)21(34-51-30(27(47)48)6-13-1-2-14(7-30)50-13)22(41)32-17-9-49-36(25(17)44)29(11-38,26(45)46)5-12(8-37)35-23(42)15-3-19(39)20(40)4-16(15)24(35)43/h3-4,8,10-14,17,21,34,39-40H,1-2,5-7,9H2,(H2,31,33)(H,32,41)(H,45,46)(H,47,48)/t12-,13?,14?,17-,21?,29?,30?/m0/s1. The molecule has 2 aromatic rings. The van der Waals surface area contributed by atoms with Crippen molar-refractivity contribution >= 4 is 64.6 Å². The van der Waals surface area contributed by atoms with Crippen molar-refractivity contribution in [1.82, 2.24) is 25.7 Å². The molecule has 5 heterocycles. The van der Waals surface area contributed by atoms with Gasteiger partial charge in [-0.25, -0.2) is 14.6 Å². The van der Waals surface area contributed by atoms with E-state index in [1.807, 2.05) is 0 Å². The maximum atomic E-state index is 13.7. The number of hydrogen-bond donors (Lipinski definition) is 7. The maximum absolute atomic E-state index is 13.7. The lowest BCUT2D eigenvalue weighted by molar-refractivity contribution is -0.209. The number of rotatable bonds is 14. The van der Waals surface area contributed by atoms with Crippen molar-refractivity contribution < 1.29 is 73.2 Å². The van der Waals surface area contributed by atoms with E-state index in [4.69, 9.17) is 20.1 Å². The molecule has 6 atom stereocenters. The molecule has 4 aliphatic rings. The second-order valence-corrected chi connectivity index (χ2v) is 13.4. The second-order valence-electron chi connectivity index (χ2n) is 12.5. The van der Waals surface area contributed by atoms with Gasteiger partial charge in [0.15, 0.2) is 34.6 Å². The number of aliphatic carboxylic acids is 2. The topological polar surface area (TPSA) is 315 Å². The number of nitrogens with zero attached hydrogens (tertiary/aromatic N) is 3. The zero-order valence-corrected chi connectivity index (χ0v) is 27.4. The summed E-state index contributed by atoms with van der Waals surface area (Å²) in [6, 6.07) is -3.71. The average molecular weight is 747 g/mol. The van der Waals surface area contributed by atoms with Gasteiger partial charge in [0.25, 0.3) is 17.7 Å². The molecule has 0 radical (unpaired) electrons. The van der Waals surface area contributed by atoms with Crippen LogP contribution >= 0.6 is 11.3 Å². The number of carbonyl (C=O) groups excluding carboxylic acids is 6. The predicted octanol–water partition coefficient (Wildman–Crippen LogP) is -1.60. The van der Waals surface area contributed by atoms with E-state index in [1.165, 1.54) is 5.38 Å². The fourth-order valence-corrected chi connectivity index (χ4v) is 7.24. The molecule has 0 aliphatic carbocycles. The van der Waals surface area contributed by atoms with Crippen LogP contribution in [-0.2, 0) is 43.2 Å². The number of amides is 4.